The summed E-state index contributed by atoms with van der Waals surface area (Å²) in [6.45, 7) is 2.48. The molecule has 3 aromatic rings. The maximum atomic E-state index is 12.8. The van der Waals surface area contributed by atoms with Gasteiger partial charge in [0.2, 0.25) is 5.91 Å². The van der Waals surface area contributed by atoms with Crippen LogP contribution in [0.3, 0.4) is 0 Å². The third-order valence-corrected chi connectivity index (χ3v) is 5.71. The first-order valence-corrected chi connectivity index (χ1v) is 9.83. The third-order valence-electron chi connectivity index (χ3n) is 4.08. The maximum absolute atomic E-state index is 12.8. The zero-order chi connectivity index (χ0) is 16.5. The van der Waals surface area contributed by atoms with E-state index in [0.717, 1.165) is 40.6 Å². The molecule has 6 heteroatoms. The summed E-state index contributed by atoms with van der Waals surface area (Å²) in [6, 6.07) is 6.32. The van der Waals surface area contributed by atoms with Crippen molar-refractivity contribution in [3.05, 3.63) is 51.6 Å². The van der Waals surface area contributed by atoms with Gasteiger partial charge in [0.25, 0.3) is 0 Å². The van der Waals surface area contributed by atoms with Crippen molar-refractivity contribution >= 4 is 28.6 Å². The van der Waals surface area contributed by atoms with E-state index in [1.807, 2.05) is 34.7 Å². The van der Waals surface area contributed by atoms with Crippen LogP contribution in [0, 0.1) is 6.92 Å². The van der Waals surface area contributed by atoms with Gasteiger partial charge in [-0.15, -0.1) is 11.3 Å². The van der Waals surface area contributed by atoms with Crippen molar-refractivity contribution < 1.29 is 9.21 Å². The number of aryl methyl sites for hydroxylation is 1. The molecular formula is C18H18N2O2S2. The molecule has 0 atom stereocenters. The summed E-state index contributed by atoms with van der Waals surface area (Å²) in [4.78, 5) is 19.3. The average Bonchev–Trinajstić information content (AvgIpc) is 2.95. The Hall–Kier alpha value is -1.92. The van der Waals surface area contributed by atoms with Gasteiger partial charge < -0.3 is 9.32 Å². The van der Waals surface area contributed by atoms with Gasteiger partial charge in [0.15, 0.2) is 0 Å². The molecule has 1 fully saturated rings. The molecule has 3 aromatic heterocycles. The molecule has 0 radical (unpaired) electrons. The van der Waals surface area contributed by atoms with Crippen LogP contribution in [0.15, 0.2) is 38.8 Å². The molecule has 1 aliphatic rings. The Balaban J connectivity index is 1.45. The highest BCUT2D eigenvalue weighted by atomic mass is 32.1. The molecule has 1 aliphatic carbocycles. The van der Waals surface area contributed by atoms with Crippen LogP contribution in [0.4, 0.5) is 0 Å². The molecule has 1 saturated carbocycles. The van der Waals surface area contributed by atoms with E-state index in [4.69, 9.17) is 4.42 Å². The fraction of sp³-hybridized carbons (Fsp3) is 0.333. The summed E-state index contributed by atoms with van der Waals surface area (Å²) < 4.78 is 5.64. The quantitative estimate of drug-likeness (QED) is 0.651. The van der Waals surface area contributed by atoms with E-state index < -0.39 is 0 Å². The predicted molar refractivity (Wildman–Crippen MR) is 96.1 cm³/mol. The Morgan fingerprint density at radius 3 is 2.88 bits per heavy atom. The van der Waals surface area contributed by atoms with Crippen molar-refractivity contribution in [2.45, 2.75) is 38.8 Å². The van der Waals surface area contributed by atoms with Crippen molar-refractivity contribution in [3.63, 3.8) is 0 Å². The predicted octanol–water partition coefficient (Wildman–Crippen LogP) is 4.51. The topological polar surface area (TPSA) is 46.3 Å². The molecule has 0 N–H and O–H groups in total. The SMILES string of the molecule is Cc1ccc(CN(C(=O)Cc2csc(-c3ccsc3)n2)C2CC2)o1. The minimum Gasteiger partial charge on any atom is -0.464 e. The minimum atomic E-state index is 0.133. The van der Waals surface area contributed by atoms with Crippen molar-refractivity contribution in [2.75, 3.05) is 0 Å². The second-order valence-electron chi connectivity index (χ2n) is 6.10. The highest BCUT2D eigenvalue weighted by Crippen LogP contribution is 2.30. The summed E-state index contributed by atoms with van der Waals surface area (Å²) in [5, 5.41) is 7.10. The van der Waals surface area contributed by atoms with E-state index >= 15 is 0 Å². The molecule has 0 saturated heterocycles. The van der Waals surface area contributed by atoms with Crippen LogP contribution in [0.2, 0.25) is 0 Å². The van der Waals surface area contributed by atoms with Gasteiger partial charge in [-0.25, -0.2) is 4.98 Å². The lowest BCUT2D eigenvalue weighted by Gasteiger charge is -2.20. The van der Waals surface area contributed by atoms with Crippen molar-refractivity contribution in [1.29, 1.82) is 0 Å². The second-order valence-corrected chi connectivity index (χ2v) is 7.74. The van der Waals surface area contributed by atoms with Gasteiger partial charge in [-0.2, -0.15) is 11.3 Å². The molecule has 1 amide bonds. The normalized spacial score (nSPS) is 14.0. The highest BCUT2D eigenvalue weighted by Gasteiger charge is 2.33. The van der Waals surface area contributed by atoms with E-state index in [-0.39, 0.29) is 5.91 Å². The molecule has 0 aromatic carbocycles. The molecule has 4 nitrogen and oxygen atoms in total. The van der Waals surface area contributed by atoms with Gasteiger partial charge in [-0.1, -0.05) is 0 Å². The number of rotatable bonds is 6. The van der Waals surface area contributed by atoms with Crippen LogP contribution in [-0.2, 0) is 17.8 Å². The lowest BCUT2D eigenvalue weighted by molar-refractivity contribution is -0.132. The van der Waals surface area contributed by atoms with E-state index in [1.54, 1.807) is 22.7 Å². The number of amides is 1. The van der Waals surface area contributed by atoms with Crippen molar-refractivity contribution in [3.8, 4) is 10.6 Å². The van der Waals surface area contributed by atoms with Crippen molar-refractivity contribution in [2.24, 2.45) is 0 Å². The molecular weight excluding hydrogens is 340 g/mol. The van der Waals surface area contributed by atoms with Gasteiger partial charge in [0.1, 0.15) is 16.5 Å². The summed E-state index contributed by atoms with van der Waals surface area (Å²) in [6.07, 6.45) is 2.53. The summed E-state index contributed by atoms with van der Waals surface area (Å²) in [5.74, 6) is 1.87. The largest absolute Gasteiger partial charge is 0.464 e. The van der Waals surface area contributed by atoms with Gasteiger partial charge in [-0.3, -0.25) is 4.79 Å². The van der Waals surface area contributed by atoms with Crippen molar-refractivity contribution in [1.82, 2.24) is 9.88 Å². The fourth-order valence-corrected chi connectivity index (χ4v) is 4.24. The van der Waals surface area contributed by atoms with Gasteiger partial charge in [-0.05, 0) is 43.3 Å². The molecule has 4 rings (SSSR count). The van der Waals surface area contributed by atoms with Gasteiger partial charge in [0, 0.05) is 22.4 Å². The third kappa shape index (κ3) is 3.44. The van der Waals surface area contributed by atoms with Gasteiger partial charge in [0.05, 0.1) is 18.7 Å². The first-order chi connectivity index (χ1) is 11.7. The van der Waals surface area contributed by atoms with Crippen LogP contribution in [0.5, 0.6) is 0 Å². The Morgan fingerprint density at radius 2 is 2.21 bits per heavy atom. The number of carbonyl (C=O) groups is 1. The standard InChI is InChI=1S/C18H18N2O2S2/c1-12-2-5-16(22-12)9-20(15-3-4-15)17(21)8-14-11-24-18(19-14)13-6-7-23-10-13/h2,5-7,10-11,15H,3-4,8-9H2,1H3. The monoisotopic (exact) mass is 358 g/mol. The zero-order valence-corrected chi connectivity index (χ0v) is 15.0. The van der Waals surface area contributed by atoms with Crippen LogP contribution in [0.25, 0.3) is 10.6 Å². The van der Waals surface area contributed by atoms with Gasteiger partial charge >= 0.3 is 0 Å². The Kier molecular flexibility index (Phi) is 4.24. The smallest absolute Gasteiger partial charge is 0.229 e. The molecule has 0 aliphatic heterocycles. The number of hydrogen-bond acceptors (Lipinski definition) is 5. The number of furan rings is 1. The van der Waals surface area contributed by atoms with Crippen LogP contribution >= 0.6 is 22.7 Å². The number of carbonyl (C=O) groups excluding carboxylic acids is 1. The number of hydrogen-bond donors (Lipinski definition) is 0. The first-order valence-electron chi connectivity index (χ1n) is 8.01. The second kappa shape index (κ2) is 6.53. The maximum Gasteiger partial charge on any atom is 0.229 e. The minimum absolute atomic E-state index is 0.133. The molecule has 0 bridgehead atoms. The van der Waals surface area contributed by atoms with E-state index in [2.05, 4.69) is 16.4 Å². The molecule has 3 heterocycles. The number of nitrogens with zero attached hydrogens (tertiary/aromatic N) is 2. The first kappa shape index (κ1) is 15.6. The Bertz CT molecular complexity index is 831. The number of thiazole rings is 1. The summed E-state index contributed by atoms with van der Waals surface area (Å²) in [7, 11) is 0. The molecule has 124 valence electrons. The summed E-state index contributed by atoms with van der Waals surface area (Å²) >= 11 is 3.26. The Morgan fingerprint density at radius 1 is 1.33 bits per heavy atom. The lowest BCUT2D eigenvalue weighted by Crippen LogP contribution is -2.33. The van der Waals surface area contributed by atoms with Crippen LogP contribution in [-0.4, -0.2) is 21.8 Å². The molecule has 24 heavy (non-hydrogen) atoms. The average molecular weight is 358 g/mol. The van der Waals surface area contributed by atoms with Crippen LogP contribution < -0.4 is 0 Å². The zero-order valence-electron chi connectivity index (χ0n) is 13.4. The number of aromatic nitrogens is 1. The highest BCUT2D eigenvalue weighted by molar-refractivity contribution is 7.14. The van der Waals surface area contributed by atoms with E-state index in [1.165, 1.54) is 0 Å². The molecule has 0 unspecified atom stereocenters. The summed E-state index contributed by atoms with van der Waals surface area (Å²) in [5.41, 5.74) is 1.99. The lowest BCUT2D eigenvalue weighted by atomic mass is 10.2. The fourth-order valence-electron chi connectivity index (χ4n) is 2.71. The van der Waals surface area contributed by atoms with E-state index in [0.29, 0.717) is 19.0 Å². The Labute approximate surface area is 148 Å². The molecule has 0 spiro atoms. The van der Waals surface area contributed by atoms with Crippen LogP contribution in [0.1, 0.15) is 30.1 Å². The number of thiophene rings is 1. The van der Waals surface area contributed by atoms with E-state index in [9.17, 15) is 4.79 Å².